The van der Waals surface area contributed by atoms with Gasteiger partial charge in [-0.1, -0.05) is 6.07 Å². The normalized spacial score (nSPS) is 15.0. The number of benzene rings is 2. The summed E-state index contributed by atoms with van der Waals surface area (Å²) in [5.41, 5.74) is 11.0. The molecule has 6 aromatic rings. The Balaban J connectivity index is 1.55. The first-order valence-electron chi connectivity index (χ1n) is 14.4. The average molecular weight is 600 g/mol. The molecule has 2 aromatic carbocycles. The Morgan fingerprint density at radius 2 is 1.68 bits per heavy atom. The molecule has 1 unspecified atom stereocenters. The Morgan fingerprint density at radius 1 is 0.932 bits per heavy atom. The maximum Gasteiger partial charge on any atom is 0.186 e. The fraction of sp³-hybridized carbons (Fsp3) is 0.242. The van der Waals surface area contributed by atoms with Crippen molar-refractivity contribution in [2.45, 2.75) is 38.8 Å². The molecule has 1 saturated heterocycles. The summed E-state index contributed by atoms with van der Waals surface area (Å²) in [5.74, 6) is -3.17. The van der Waals surface area contributed by atoms with E-state index in [9.17, 15) is 17.6 Å². The van der Waals surface area contributed by atoms with Gasteiger partial charge in [-0.25, -0.2) is 27.5 Å². The number of nitrogens with one attached hydrogen (secondary N) is 1. The minimum atomic E-state index is -1.05. The number of aryl methyl sites for hydroxylation is 1. The molecule has 3 N–H and O–H groups in total. The van der Waals surface area contributed by atoms with Gasteiger partial charge in [-0.2, -0.15) is 0 Å². The number of piperidine rings is 1. The second-order valence-corrected chi connectivity index (χ2v) is 11.4. The molecule has 0 amide bonds. The molecule has 224 valence electrons. The number of pyridine rings is 2. The zero-order chi connectivity index (χ0) is 30.7. The predicted molar refractivity (Wildman–Crippen MR) is 162 cm³/mol. The van der Waals surface area contributed by atoms with Gasteiger partial charge < -0.3 is 20.2 Å². The molecule has 0 saturated carbocycles. The third-order valence-corrected chi connectivity index (χ3v) is 8.42. The molecule has 1 aliphatic rings. The summed E-state index contributed by atoms with van der Waals surface area (Å²) >= 11 is 0. The monoisotopic (exact) mass is 599 g/mol. The first-order chi connectivity index (χ1) is 21.2. The molecule has 1 fully saturated rings. The number of nitrogens with zero attached hydrogens (tertiary/aromatic N) is 5. The van der Waals surface area contributed by atoms with Crippen molar-refractivity contribution < 1.29 is 17.6 Å². The Hall–Kier alpha value is -4.77. The molecule has 0 radical (unpaired) electrons. The van der Waals surface area contributed by atoms with Crippen LogP contribution in [0.25, 0.3) is 44.6 Å². The molecule has 1 atom stereocenters. The van der Waals surface area contributed by atoms with Crippen LogP contribution in [0.4, 0.5) is 23.2 Å². The van der Waals surface area contributed by atoms with Gasteiger partial charge in [0, 0.05) is 54.9 Å². The van der Waals surface area contributed by atoms with Gasteiger partial charge in [0.15, 0.2) is 11.6 Å². The lowest BCUT2D eigenvalue weighted by Crippen LogP contribution is -2.40. The van der Waals surface area contributed by atoms with Crippen LogP contribution < -0.4 is 10.6 Å². The number of hydrogen-bond acceptors (Lipinski definition) is 5. The van der Waals surface area contributed by atoms with Crippen molar-refractivity contribution in [3.63, 3.8) is 0 Å². The van der Waals surface area contributed by atoms with E-state index in [0.29, 0.717) is 57.8 Å². The summed E-state index contributed by atoms with van der Waals surface area (Å²) in [4.78, 5) is 19.3. The number of halogens is 4. The van der Waals surface area contributed by atoms with Crippen LogP contribution in [-0.4, -0.2) is 43.6 Å². The van der Waals surface area contributed by atoms with Crippen LogP contribution in [0.2, 0.25) is 0 Å². The van der Waals surface area contributed by atoms with Gasteiger partial charge in [-0.3, -0.25) is 4.98 Å². The standard InChI is InChI=1S/C33H29F4N7/c1-17-3-5-26(39-14-17)18(2)44-16-24(32-41-27-6-4-25(36)29(37)30(27)42-32)28-31(43-9-7-22(38)8-10-43)23(15-40-33(28)44)19-11-20(34)13-21(35)12-19/h3-6,11-16,18,22H,7-10,38H2,1-2H3,(H,41,42). The Labute approximate surface area is 250 Å². The van der Waals surface area contributed by atoms with E-state index < -0.39 is 23.3 Å². The highest BCUT2D eigenvalue weighted by atomic mass is 19.2. The molecule has 5 heterocycles. The van der Waals surface area contributed by atoms with Gasteiger partial charge in [-0.05, 0) is 68.1 Å². The van der Waals surface area contributed by atoms with Crippen molar-refractivity contribution in [2.24, 2.45) is 5.73 Å². The summed E-state index contributed by atoms with van der Waals surface area (Å²) in [6.45, 7) is 5.16. The van der Waals surface area contributed by atoms with Gasteiger partial charge in [-0.15, -0.1) is 0 Å². The average Bonchev–Trinajstić information content (AvgIpc) is 3.61. The fourth-order valence-corrected chi connectivity index (χ4v) is 6.06. The van der Waals surface area contributed by atoms with E-state index in [4.69, 9.17) is 10.7 Å². The third kappa shape index (κ3) is 4.77. The summed E-state index contributed by atoms with van der Waals surface area (Å²) < 4.78 is 60.0. The number of aromatic amines is 1. The lowest BCUT2D eigenvalue weighted by Gasteiger charge is -2.34. The van der Waals surface area contributed by atoms with Gasteiger partial charge in [0.05, 0.1) is 28.3 Å². The number of rotatable bonds is 5. The molecule has 0 aliphatic carbocycles. The molecule has 44 heavy (non-hydrogen) atoms. The lowest BCUT2D eigenvalue weighted by molar-refractivity contribution is 0.502. The van der Waals surface area contributed by atoms with E-state index in [0.717, 1.165) is 36.2 Å². The zero-order valence-electron chi connectivity index (χ0n) is 24.1. The quantitative estimate of drug-likeness (QED) is 0.208. The topological polar surface area (TPSA) is 88.7 Å². The van der Waals surface area contributed by atoms with Crippen molar-refractivity contribution in [3.05, 3.63) is 95.6 Å². The van der Waals surface area contributed by atoms with Crippen LogP contribution in [0.5, 0.6) is 0 Å². The lowest BCUT2D eigenvalue weighted by atomic mass is 9.98. The van der Waals surface area contributed by atoms with Crippen LogP contribution in [0.3, 0.4) is 0 Å². The molecule has 7 rings (SSSR count). The van der Waals surface area contributed by atoms with Gasteiger partial charge in [0.2, 0.25) is 0 Å². The summed E-state index contributed by atoms with van der Waals surface area (Å²) in [6.07, 6.45) is 6.72. The van der Waals surface area contributed by atoms with Crippen molar-refractivity contribution in [3.8, 4) is 22.5 Å². The van der Waals surface area contributed by atoms with Gasteiger partial charge in [0.1, 0.15) is 28.6 Å². The highest BCUT2D eigenvalue weighted by Gasteiger charge is 2.29. The number of aromatic nitrogens is 5. The Morgan fingerprint density at radius 3 is 2.39 bits per heavy atom. The van der Waals surface area contributed by atoms with Crippen LogP contribution in [0, 0.1) is 30.2 Å². The predicted octanol–water partition coefficient (Wildman–Crippen LogP) is 7.04. The van der Waals surface area contributed by atoms with Crippen LogP contribution in [0.15, 0.2) is 61.1 Å². The highest BCUT2D eigenvalue weighted by Crippen LogP contribution is 2.44. The van der Waals surface area contributed by atoms with Gasteiger partial charge in [0.25, 0.3) is 0 Å². The molecular formula is C33H29F4N7. The first-order valence-corrected chi connectivity index (χ1v) is 14.4. The molecule has 0 bridgehead atoms. The first kappa shape index (κ1) is 28.0. The van der Waals surface area contributed by atoms with E-state index in [1.807, 2.05) is 36.7 Å². The van der Waals surface area contributed by atoms with E-state index in [1.165, 1.54) is 18.2 Å². The van der Waals surface area contributed by atoms with Crippen LogP contribution in [-0.2, 0) is 0 Å². The smallest absolute Gasteiger partial charge is 0.186 e. The van der Waals surface area contributed by atoms with Crippen molar-refractivity contribution in [1.29, 1.82) is 0 Å². The molecule has 11 heteroatoms. The molecule has 1 aliphatic heterocycles. The van der Waals surface area contributed by atoms with E-state index in [-0.39, 0.29) is 17.6 Å². The third-order valence-electron chi connectivity index (χ3n) is 8.42. The molecular weight excluding hydrogens is 570 g/mol. The maximum absolute atomic E-state index is 14.8. The number of imidazole rings is 1. The SMILES string of the molecule is Cc1ccc(C(C)n2cc(-c3nc4c(F)c(F)ccc4[nH]3)c3c(N4CCC(N)CC4)c(-c4cc(F)cc(F)c4)cnc32)nc1. The number of H-pyrrole nitrogens is 1. The highest BCUT2D eigenvalue weighted by molar-refractivity contribution is 6.07. The van der Waals surface area contributed by atoms with E-state index >= 15 is 0 Å². The number of fused-ring (bicyclic) bond motifs is 2. The zero-order valence-corrected chi connectivity index (χ0v) is 24.1. The Bertz CT molecular complexity index is 2000. The maximum atomic E-state index is 14.8. The largest absolute Gasteiger partial charge is 0.370 e. The number of hydrogen-bond donors (Lipinski definition) is 2. The molecule has 0 spiro atoms. The summed E-state index contributed by atoms with van der Waals surface area (Å²) in [6, 6.07) is 9.55. The second-order valence-electron chi connectivity index (χ2n) is 11.4. The van der Waals surface area contributed by atoms with Crippen molar-refractivity contribution in [2.75, 3.05) is 18.0 Å². The van der Waals surface area contributed by atoms with Crippen LogP contribution in [0.1, 0.15) is 37.1 Å². The van der Waals surface area contributed by atoms with Crippen molar-refractivity contribution >= 4 is 27.8 Å². The van der Waals surface area contributed by atoms with E-state index in [1.54, 1.807) is 12.4 Å². The summed E-state index contributed by atoms with van der Waals surface area (Å²) in [5, 5.41) is 0.654. The minimum Gasteiger partial charge on any atom is -0.370 e. The molecule has 7 nitrogen and oxygen atoms in total. The van der Waals surface area contributed by atoms with Gasteiger partial charge >= 0.3 is 0 Å². The Kier molecular flexibility index (Phi) is 6.84. The fourth-order valence-electron chi connectivity index (χ4n) is 6.06. The van der Waals surface area contributed by atoms with Crippen molar-refractivity contribution in [1.82, 2.24) is 24.5 Å². The van der Waals surface area contributed by atoms with Crippen LogP contribution >= 0.6 is 0 Å². The minimum absolute atomic E-state index is 0.0311. The second kappa shape index (κ2) is 10.7. The number of nitrogens with two attached hydrogens (primary N) is 1. The number of anilines is 1. The van der Waals surface area contributed by atoms with E-state index in [2.05, 4.69) is 19.9 Å². The summed E-state index contributed by atoms with van der Waals surface area (Å²) in [7, 11) is 0. The molecule has 4 aromatic heterocycles.